The van der Waals surface area contributed by atoms with Gasteiger partial charge in [-0.1, -0.05) is 18.7 Å². The van der Waals surface area contributed by atoms with Crippen molar-refractivity contribution in [1.82, 2.24) is 5.32 Å². The summed E-state index contributed by atoms with van der Waals surface area (Å²) in [4.78, 5) is 11.2. The maximum Gasteiger partial charge on any atom is 0.419 e. The van der Waals surface area contributed by atoms with Crippen LogP contribution >= 0.6 is 0 Å². The first-order valence-electron chi connectivity index (χ1n) is 8.90. The molecule has 0 spiro atoms. The van der Waals surface area contributed by atoms with Crippen molar-refractivity contribution in [2.24, 2.45) is 0 Å². The highest BCUT2D eigenvalue weighted by molar-refractivity contribution is 8.00. The van der Waals surface area contributed by atoms with Crippen LogP contribution in [-0.2, 0) is 35.4 Å². The summed E-state index contributed by atoms with van der Waals surface area (Å²) in [6.07, 6.45) is -5.10. The molecule has 0 fully saturated rings. The Hall–Kier alpha value is -2.67. The number of rotatable bonds is 2. The molecule has 0 saturated heterocycles. The third-order valence-electron chi connectivity index (χ3n) is 5.10. The van der Waals surface area contributed by atoms with Gasteiger partial charge in [0.15, 0.2) is 19.7 Å². The number of methoxy groups -OCH3 is 1. The Morgan fingerprint density at radius 3 is 2.34 bits per heavy atom. The molecule has 7 nitrogen and oxygen atoms in total. The van der Waals surface area contributed by atoms with Crippen molar-refractivity contribution in [3.05, 3.63) is 68.5 Å². The molecule has 13 heteroatoms. The van der Waals surface area contributed by atoms with Crippen LogP contribution in [0.25, 0.3) is 0 Å². The number of ether oxygens (including phenoxy) is 1. The molecule has 1 atom stereocenters. The third-order valence-corrected chi connectivity index (χ3v) is 8.86. The first kappa shape index (κ1) is 24.0. The minimum Gasteiger partial charge on any atom is -0.466 e. The first-order valence-corrected chi connectivity index (χ1v) is 12.2. The summed E-state index contributed by atoms with van der Waals surface area (Å²) in [7, 11) is -7.75. The van der Waals surface area contributed by atoms with Gasteiger partial charge in [0.25, 0.3) is 0 Å². The van der Waals surface area contributed by atoms with E-state index in [0.29, 0.717) is 6.07 Å². The summed E-state index contributed by atoms with van der Waals surface area (Å²) in [6.45, 7) is 4.55. The fourth-order valence-corrected chi connectivity index (χ4v) is 7.46. The Kier molecular flexibility index (Phi) is 5.79. The van der Waals surface area contributed by atoms with Crippen LogP contribution < -0.4 is 5.32 Å². The number of nitrogens with one attached hydrogen (secondary N) is 1. The minimum atomic E-state index is -5.10. The lowest BCUT2D eigenvalue weighted by atomic mass is 9.85. The number of hydrogen-bond acceptors (Lipinski definition) is 7. The van der Waals surface area contributed by atoms with Crippen molar-refractivity contribution in [3.63, 3.8) is 0 Å². The number of carbonyl (C=O) groups is 1. The van der Waals surface area contributed by atoms with Crippen LogP contribution in [-0.4, -0.2) is 41.4 Å². The molecule has 0 amide bonds. The third kappa shape index (κ3) is 3.94. The van der Waals surface area contributed by atoms with Crippen LogP contribution in [0.1, 0.15) is 24.0 Å². The lowest BCUT2D eigenvalue weighted by molar-refractivity contribution is -0.140. The van der Waals surface area contributed by atoms with E-state index in [4.69, 9.17) is 0 Å². The Labute approximate surface area is 181 Å². The van der Waals surface area contributed by atoms with E-state index in [0.717, 1.165) is 19.2 Å². The summed E-state index contributed by atoms with van der Waals surface area (Å²) < 4.78 is 111. The first-order chi connectivity index (χ1) is 14.6. The molecule has 0 aliphatic carbocycles. The maximum atomic E-state index is 15.1. The summed E-state index contributed by atoms with van der Waals surface area (Å²) in [6, 6.07) is 2.25. The highest BCUT2D eigenvalue weighted by Gasteiger charge is 2.46. The van der Waals surface area contributed by atoms with Crippen molar-refractivity contribution in [2.45, 2.75) is 19.0 Å². The number of sulfone groups is 2. The van der Waals surface area contributed by atoms with Gasteiger partial charge in [-0.2, -0.15) is 13.2 Å². The Balaban J connectivity index is 2.43. The number of esters is 1. The predicted octanol–water partition coefficient (Wildman–Crippen LogP) is 2.55. The molecule has 1 aromatic rings. The second-order valence-corrected chi connectivity index (χ2v) is 11.2. The normalized spacial score (nSPS) is 22.7. The fraction of sp³-hybridized carbons (Fsp3) is 0.316. The average molecular weight is 495 g/mol. The SMILES string of the molecule is C=C1CS(=O)(=O)C2=C(CS1(=O)=O)NC(C)=C(C(=O)OC)C2c1cccc(C(F)(F)F)c1F. The predicted molar refractivity (Wildman–Crippen MR) is 106 cm³/mol. The lowest BCUT2D eigenvalue weighted by Gasteiger charge is -2.31. The summed E-state index contributed by atoms with van der Waals surface area (Å²) >= 11 is 0. The van der Waals surface area contributed by atoms with E-state index in [2.05, 4.69) is 16.6 Å². The molecule has 1 N–H and O–H groups in total. The van der Waals surface area contributed by atoms with E-state index in [1.165, 1.54) is 6.92 Å². The molecule has 3 rings (SSSR count). The second kappa shape index (κ2) is 7.73. The standard InChI is InChI=1S/C19H17F4NO6S2/c1-9-7-32(28,29)17-13(8-31(9,26)27)24-10(2)14(18(25)30-3)15(17)11-5-4-6-12(16(11)20)19(21,22)23/h4-6,15,24H,1,7-8H2,2-3H3. The number of dihydropyridines is 1. The van der Waals surface area contributed by atoms with Gasteiger partial charge >= 0.3 is 12.1 Å². The van der Waals surface area contributed by atoms with Gasteiger partial charge in [0.05, 0.1) is 45.5 Å². The molecule has 32 heavy (non-hydrogen) atoms. The topological polar surface area (TPSA) is 107 Å². The Morgan fingerprint density at radius 2 is 1.78 bits per heavy atom. The number of halogens is 4. The van der Waals surface area contributed by atoms with Gasteiger partial charge in [-0.05, 0) is 13.0 Å². The smallest absolute Gasteiger partial charge is 0.419 e. The Morgan fingerprint density at radius 1 is 1.16 bits per heavy atom. The highest BCUT2D eigenvalue weighted by atomic mass is 32.2. The average Bonchev–Trinajstić information content (AvgIpc) is 2.71. The highest BCUT2D eigenvalue weighted by Crippen LogP contribution is 2.46. The van der Waals surface area contributed by atoms with E-state index in [9.17, 15) is 34.8 Å². The van der Waals surface area contributed by atoms with Crippen LogP contribution in [0.2, 0.25) is 0 Å². The van der Waals surface area contributed by atoms with Crippen molar-refractivity contribution >= 4 is 25.6 Å². The zero-order chi connectivity index (χ0) is 24.2. The summed E-state index contributed by atoms with van der Waals surface area (Å²) in [5.74, 6) is -6.71. The molecule has 0 bridgehead atoms. The molecule has 2 aliphatic heterocycles. The van der Waals surface area contributed by atoms with Crippen molar-refractivity contribution in [2.75, 3.05) is 18.6 Å². The number of carbonyl (C=O) groups excluding carboxylic acids is 1. The van der Waals surface area contributed by atoms with Crippen LogP contribution in [0.5, 0.6) is 0 Å². The van der Waals surface area contributed by atoms with E-state index in [1.54, 1.807) is 0 Å². The van der Waals surface area contributed by atoms with Crippen molar-refractivity contribution in [1.29, 1.82) is 0 Å². The van der Waals surface area contributed by atoms with Gasteiger partial charge in [-0.15, -0.1) is 0 Å². The van der Waals surface area contributed by atoms with Gasteiger partial charge in [-0.3, -0.25) is 0 Å². The molecule has 1 unspecified atom stereocenters. The van der Waals surface area contributed by atoms with Gasteiger partial charge in [-0.25, -0.2) is 26.0 Å². The molecule has 0 radical (unpaired) electrons. The lowest BCUT2D eigenvalue weighted by Crippen LogP contribution is -2.34. The van der Waals surface area contributed by atoms with Crippen LogP contribution in [0.4, 0.5) is 17.6 Å². The van der Waals surface area contributed by atoms with E-state index >= 15 is 4.39 Å². The molecule has 2 aliphatic rings. The van der Waals surface area contributed by atoms with Crippen LogP contribution in [0, 0.1) is 5.82 Å². The van der Waals surface area contributed by atoms with Gasteiger partial charge in [0.1, 0.15) is 5.82 Å². The number of alkyl halides is 3. The molecular weight excluding hydrogens is 478 g/mol. The van der Waals surface area contributed by atoms with Crippen LogP contribution in [0.3, 0.4) is 0 Å². The van der Waals surface area contributed by atoms with Gasteiger partial charge in [0, 0.05) is 17.0 Å². The fourth-order valence-electron chi connectivity index (χ4n) is 3.69. The van der Waals surface area contributed by atoms with E-state index < -0.39 is 87.3 Å². The van der Waals surface area contributed by atoms with Crippen molar-refractivity contribution < 1.29 is 43.9 Å². The largest absolute Gasteiger partial charge is 0.466 e. The van der Waals surface area contributed by atoms with Gasteiger partial charge in [0.2, 0.25) is 0 Å². The van der Waals surface area contributed by atoms with E-state index in [-0.39, 0.29) is 5.70 Å². The number of allylic oxidation sites excluding steroid dienone is 2. The monoisotopic (exact) mass is 495 g/mol. The molecule has 2 heterocycles. The van der Waals surface area contributed by atoms with E-state index in [1.807, 2.05) is 0 Å². The Bertz CT molecular complexity index is 1310. The van der Waals surface area contributed by atoms with Gasteiger partial charge < -0.3 is 10.1 Å². The number of benzene rings is 1. The zero-order valence-electron chi connectivity index (χ0n) is 16.7. The maximum absolute atomic E-state index is 15.1. The second-order valence-electron chi connectivity index (χ2n) is 7.19. The quantitative estimate of drug-likeness (QED) is 0.497. The summed E-state index contributed by atoms with van der Waals surface area (Å²) in [5.41, 5.74) is -3.37. The van der Waals surface area contributed by atoms with Crippen LogP contribution in [0.15, 0.2) is 51.6 Å². The molecule has 1 aromatic carbocycles. The zero-order valence-corrected chi connectivity index (χ0v) is 18.3. The minimum absolute atomic E-state index is 0.0877. The molecular formula is C19H17F4NO6S2. The molecule has 0 saturated carbocycles. The summed E-state index contributed by atoms with van der Waals surface area (Å²) in [5, 5.41) is 2.53. The molecule has 174 valence electrons. The number of hydrogen-bond donors (Lipinski definition) is 1. The van der Waals surface area contributed by atoms with Crippen molar-refractivity contribution in [3.8, 4) is 0 Å². The molecule has 0 aromatic heterocycles.